The Morgan fingerprint density at radius 1 is 1.47 bits per heavy atom. The van der Waals surface area contributed by atoms with E-state index in [4.69, 9.17) is 10.3 Å². The van der Waals surface area contributed by atoms with Crippen molar-refractivity contribution in [2.45, 2.75) is 25.8 Å². The van der Waals surface area contributed by atoms with Crippen LogP contribution in [0, 0.1) is 6.92 Å². The van der Waals surface area contributed by atoms with Crippen molar-refractivity contribution in [2.75, 3.05) is 7.05 Å². The number of likely N-dealkylation sites (N-methyl/N-ethyl adjacent to an activating group) is 1. The van der Waals surface area contributed by atoms with Crippen molar-refractivity contribution in [2.24, 2.45) is 5.73 Å². The second-order valence-electron chi connectivity index (χ2n) is 4.02. The number of amides is 3. The number of primary amides is 1. The molecule has 0 aliphatic heterocycles. The molecule has 4 N–H and O–H groups in total. The molecule has 0 saturated carbocycles. The van der Waals surface area contributed by atoms with Crippen LogP contribution in [0.2, 0.25) is 0 Å². The predicted octanol–water partition coefficient (Wildman–Crippen LogP) is -1.37. The predicted molar refractivity (Wildman–Crippen MR) is 64.8 cm³/mol. The highest BCUT2D eigenvalue weighted by molar-refractivity contribution is 5.91. The van der Waals surface area contributed by atoms with Gasteiger partial charge >= 0.3 is 0 Å². The van der Waals surface area contributed by atoms with E-state index < -0.39 is 23.8 Å². The lowest BCUT2D eigenvalue weighted by molar-refractivity contribution is -0.130. The summed E-state index contributed by atoms with van der Waals surface area (Å²) >= 11 is 0. The Morgan fingerprint density at radius 3 is 2.63 bits per heavy atom. The van der Waals surface area contributed by atoms with E-state index in [-0.39, 0.29) is 12.8 Å². The normalized spacial score (nSPS) is 11.7. The van der Waals surface area contributed by atoms with Crippen LogP contribution >= 0.6 is 0 Å². The van der Waals surface area contributed by atoms with Gasteiger partial charge in [0.15, 0.2) is 0 Å². The highest BCUT2D eigenvalue weighted by Gasteiger charge is 2.22. The molecule has 0 fully saturated rings. The molecule has 8 nitrogen and oxygen atoms in total. The minimum atomic E-state index is -0.987. The number of carbonyl (C=O) groups is 3. The smallest absolute Gasteiger partial charge is 0.242 e. The van der Waals surface area contributed by atoms with Crippen molar-refractivity contribution >= 4 is 17.7 Å². The maximum atomic E-state index is 11.7. The van der Waals surface area contributed by atoms with Gasteiger partial charge in [-0.1, -0.05) is 5.16 Å². The zero-order valence-corrected chi connectivity index (χ0v) is 10.7. The Balaban J connectivity index is 2.60. The SMILES string of the molecule is CNC(=O)[C@H](CC(N)=O)NC(=O)Cc1cc(C)no1. The molecule has 0 unspecified atom stereocenters. The van der Waals surface area contributed by atoms with Crippen LogP contribution in [0.3, 0.4) is 0 Å². The van der Waals surface area contributed by atoms with E-state index in [2.05, 4.69) is 15.8 Å². The van der Waals surface area contributed by atoms with Gasteiger partial charge < -0.3 is 20.9 Å². The second kappa shape index (κ2) is 6.53. The summed E-state index contributed by atoms with van der Waals surface area (Å²) in [7, 11) is 1.41. The van der Waals surface area contributed by atoms with Crippen molar-refractivity contribution in [3.8, 4) is 0 Å². The fraction of sp³-hybridized carbons (Fsp3) is 0.455. The molecule has 1 atom stereocenters. The third-order valence-corrected chi connectivity index (χ3v) is 2.31. The molecule has 19 heavy (non-hydrogen) atoms. The van der Waals surface area contributed by atoms with Crippen molar-refractivity contribution < 1.29 is 18.9 Å². The third-order valence-electron chi connectivity index (χ3n) is 2.31. The second-order valence-corrected chi connectivity index (χ2v) is 4.02. The van der Waals surface area contributed by atoms with Crippen molar-refractivity contribution in [1.82, 2.24) is 15.8 Å². The van der Waals surface area contributed by atoms with Crippen molar-refractivity contribution in [1.29, 1.82) is 0 Å². The number of carbonyl (C=O) groups excluding carboxylic acids is 3. The lowest BCUT2D eigenvalue weighted by atomic mass is 10.1. The summed E-state index contributed by atoms with van der Waals surface area (Å²) in [6.07, 6.45) is -0.325. The van der Waals surface area contributed by atoms with Crippen LogP contribution in [-0.4, -0.2) is 36.0 Å². The molecule has 0 aliphatic rings. The standard InChI is InChI=1S/C11H16N4O4/c1-6-3-7(19-15-6)4-10(17)14-8(5-9(12)16)11(18)13-2/h3,8H,4-5H2,1-2H3,(H2,12,16)(H,13,18)(H,14,17)/t8-/m0/s1. The number of rotatable bonds is 6. The van der Waals surface area contributed by atoms with Gasteiger partial charge in [-0.2, -0.15) is 0 Å². The van der Waals surface area contributed by atoms with Crippen LogP contribution in [0.1, 0.15) is 17.9 Å². The van der Waals surface area contributed by atoms with Gasteiger partial charge in [0, 0.05) is 13.1 Å². The molecule has 104 valence electrons. The van der Waals surface area contributed by atoms with Crippen LogP contribution in [-0.2, 0) is 20.8 Å². The molecule has 0 aliphatic carbocycles. The lowest BCUT2D eigenvalue weighted by Gasteiger charge is -2.15. The molecule has 3 amide bonds. The molecule has 0 aromatic carbocycles. The Kier molecular flexibility index (Phi) is 5.04. The maximum Gasteiger partial charge on any atom is 0.242 e. The summed E-state index contributed by atoms with van der Waals surface area (Å²) in [5.41, 5.74) is 5.67. The van der Waals surface area contributed by atoms with E-state index in [0.29, 0.717) is 11.5 Å². The molecule has 1 aromatic heterocycles. The minimum absolute atomic E-state index is 0.0624. The fourth-order valence-electron chi connectivity index (χ4n) is 1.49. The van der Waals surface area contributed by atoms with Gasteiger partial charge in [0.05, 0.1) is 18.5 Å². The van der Waals surface area contributed by atoms with Gasteiger partial charge in [-0.05, 0) is 6.92 Å². The van der Waals surface area contributed by atoms with Gasteiger partial charge in [-0.15, -0.1) is 0 Å². The van der Waals surface area contributed by atoms with Crippen LogP contribution < -0.4 is 16.4 Å². The Morgan fingerprint density at radius 2 is 2.16 bits per heavy atom. The van der Waals surface area contributed by atoms with E-state index >= 15 is 0 Å². The van der Waals surface area contributed by atoms with Gasteiger partial charge in [-0.3, -0.25) is 14.4 Å². The fourth-order valence-corrected chi connectivity index (χ4v) is 1.49. The summed E-state index contributed by atoms with van der Waals surface area (Å²) in [6.45, 7) is 1.73. The molecule has 1 heterocycles. The van der Waals surface area contributed by atoms with Crippen LogP contribution in [0.4, 0.5) is 0 Å². The topological polar surface area (TPSA) is 127 Å². The van der Waals surface area contributed by atoms with E-state index in [9.17, 15) is 14.4 Å². The third kappa shape index (κ3) is 4.78. The van der Waals surface area contributed by atoms with Crippen LogP contribution in [0.25, 0.3) is 0 Å². The molecular formula is C11H16N4O4. The summed E-state index contributed by atoms with van der Waals surface area (Å²) in [6, 6.07) is 0.627. The number of nitrogens with one attached hydrogen (secondary N) is 2. The first-order valence-electron chi connectivity index (χ1n) is 5.63. The molecule has 1 rings (SSSR count). The van der Waals surface area contributed by atoms with Gasteiger partial charge in [-0.25, -0.2) is 0 Å². The number of nitrogens with two attached hydrogens (primary N) is 1. The Bertz CT molecular complexity index is 483. The highest BCUT2D eigenvalue weighted by Crippen LogP contribution is 2.03. The molecule has 0 bridgehead atoms. The number of aromatic nitrogens is 1. The summed E-state index contributed by atoms with van der Waals surface area (Å²) in [5.74, 6) is -1.24. The average Bonchev–Trinajstić information content (AvgIpc) is 2.72. The quantitative estimate of drug-likeness (QED) is 0.586. The van der Waals surface area contributed by atoms with Crippen LogP contribution in [0.5, 0.6) is 0 Å². The first-order valence-corrected chi connectivity index (χ1v) is 5.63. The zero-order valence-electron chi connectivity index (χ0n) is 10.7. The monoisotopic (exact) mass is 268 g/mol. The van der Waals surface area contributed by atoms with Gasteiger partial charge in [0.1, 0.15) is 11.8 Å². The van der Waals surface area contributed by atoms with Crippen LogP contribution in [0.15, 0.2) is 10.6 Å². The lowest BCUT2D eigenvalue weighted by Crippen LogP contribution is -2.48. The average molecular weight is 268 g/mol. The van der Waals surface area contributed by atoms with E-state index in [1.54, 1.807) is 13.0 Å². The largest absolute Gasteiger partial charge is 0.370 e. The molecule has 0 spiro atoms. The molecule has 8 heteroatoms. The molecule has 1 aromatic rings. The number of hydrogen-bond donors (Lipinski definition) is 3. The summed E-state index contributed by atoms with van der Waals surface area (Å²) in [5, 5.41) is 8.40. The van der Waals surface area contributed by atoms with E-state index in [1.807, 2.05) is 0 Å². The van der Waals surface area contributed by atoms with Crippen molar-refractivity contribution in [3.63, 3.8) is 0 Å². The van der Waals surface area contributed by atoms with E-state index in [1.165, 1.54) is 7.05 Å². The maximum absolute atomic E-state index is 11.7. The number of nitrogens with zero attached hydrogens (tertiary/aromatic N) is 1. The Labute approximate surface area is 109 Å². The summed E-state index contributed by atoms with van der Waals surface area (Å²) in [4.78, 5) is 34.0. The number of aryl methyl sites for hydroxylation is 1. The van der Waals surface area contributed by atoms with Gasteiger partial charge in [0.25, 0.3) is 0 Å². The molecule has 0 saturated heterocycles. The molecular weight excluding hydrogens is 252 g/mol. The van der Waals surface area contributed by atoms with Crippen molar-refractivity contribution in [3.05, 3.63) is 17.5 Å². The minimum Gasteiger partial charge on any atom is -0.370 e. The highest BCUT2D eigenvalue weighted by atomic mass is 16.5. The van der Waals surface area contributed by atoms with Gasteiger partial charge in [0.2, 0.25) is 17.7 Å². The number of hydrogen-bond acceptors (Lipinski definition) is 5. The summed E-state index contributed by atoms with van der Waals surface area (Å²) < 4.78 is 4.88. The first kappa shape index (κ1) is 14.7. The molecule has 0 radical (unpaired) electrons. The zero-order chi connectivity index (χ0) is 14.4. The van der Waals surface area contributed by atoms with E-state index in [0.717, 1.165) is 0 Å². The first-order chi connectivity index (χ1) is 8.92. The Hall–Kier alpha value is -2.38.